The highest BCUT2D eigenvalue weighted by atomic mass is 16.2. The van der Waals surface area contributed by atoms with Gasteiger partial charge in [-0.05, 0) is 34.4 Å². The summed E-state index contributed by atoms with van der Waals surface area (Å²) < 4.78 is 0. The van der Waals surface area contributed by atoms with Gasteiger partial charge < -0.3 is 0 Å². The average molecular weight is 302 g/mol. The molecule has 0 saturated heterocycles. The Kier molecular flexibility index (Phi) is 4.48. The van der Waals surface area contributed by atoms with Crippen molar-refractivity contribution in [3.8, 4) is 0 Å². The smallest absolute Gasteiger partial charge is 0.267 e. The lowest BCUT2D eigenvalue weighted by atomic mass is 10.0. The third-order valence-electron chi connectivity index (χ3n) is 3.80. The first-order valence-electron chi connectivity index (χ1n) is 7.68. The van der Waals surface area contributed by atoms with Crippen LogP contribution in [0.25, 0.3) is 10.8 Å². The molecule has 23 heavy (non-hydrogen) atoms. The van der Waals surface area contributed by atoms with Crippen LogP contribution < -0.4 is 5.43 Å². The number of aryl methyl sites for hydroxylation is 1. The molecule has 0 spiro atoms. The maximum atomic E-state index is 12.3. The van der Waals surface area contributed by atoms with Gasteiger partial charge in [-0.1, -0.05) is 67.6 Å². The molecule has 0 unspecified atom stereocenters. The third kappa shape index (κ3) is 3.46. The number of benzene rings is 3. The summed E-state index contributed by atoms with van der Waals surface area (Å²) in [6, 6.07) is 21.6. The average Bonchev–Trinajstić information content (AvgIpc) is 2.61. The minimum absolute atomic E-state index is 0.205. The van der Waals surface area contributed by atoms with Crippen LogP contribution in [0.4, 0.5) is 0 Å². The normalized spacial score (nSPS) is 11.0. The number of rotatable bonds is 4. The molecule has 0 heterocycles. The third-order valence-corrected chi connectivity index (χ3v) is 3.80. The van der Waals surface area contributed by atoms with Crippen molar-refractivity contribution in [3.05, 3.63) is 83.4 Å². The van der Waals surface area contributed by atoms with Crippen LogP contribution in [-0.2, 0) is 6.42 Å². The molecule has 0 atom stereocenters. The molecule has 1 amide bonds. The van der Waals surface area contributed by atoms with Gasteiger partial charge in [0.2, 0.25) is 0 Å². The van der Waals surface area contributed by atoms with E-state index in [0.29, 0.717) is 5.56 Å². The number of carbonyl (C=O) groups excluding carboxylic acids is 1. The quantitative estimate of drug-likeness (QED) is 0.570. The number of nitrogens with zero attached hydrogens (tertiary/aromatic N) is 1. The molecular formula is C20H18N2O. The monoisotopic (exact) mass is 302 g/mol. The van der Waals surface area contributed by atoms with Crippen LogP contribution in [0.15, 0.2) is 71.8 Å². The van der Waals surface area contributed by atoms with Crippen LogP contribution in [0.5, 0.6) is 0 Å². The van der Waals surface area contributed by atoms with Crippen LogP contribution in [0, 0.1) is 0 Å². The zero-order valence-corrected chi connectivity index (χ0v) is 13.0. The Morgan fingerprint density at radius 1 is 1.00 bits per heavy atom. The number of hydrazone groups is 1. The molecule has 3 aromatic rings. The van der Waals surface area contributed by atoms with Gasteiger partial charge in [0.25, 0.3) is 5.91 Å². The molecule has 0 fully saturated rings. The van der Waals surface area contributed by atoms with Crippen molar-refractivity contribution in [2.45, 2.75) is 13.3 Å². The largest absolute Gasteiger partial charge is 0.271 e. The molecule has 0 aliphatic heterocycles. The number of fused-ring (bicyclic) bond motifs is 1. The highest BCUT2D eigenvalue weighted by molar-refractivity contribution is 6.07. The lowest BCUT2D eigenvalue weighted by molar-refractivity contribution is 0.0957. The van der Waals surface area contributed by atoms with Crippen molar-refractivity contribution >= 4 is 22.9 Å². The Bertz CT molecular complexity index is 846. The maximum Gasteiger partial charge on any atom is 0.271 e. The Balaban J connectivity index is 1.74. The van der Waals surface area contributed by atoms with E-state index >= 15 is 0 Å². The SMILES string of the molecule is CCc1ccc(C=NNC(=O)c2cccc3ccccc23)cc1. The lowest BCUT2D eigenvalue weighted by Crippen LogP contribution is -2.17. The van der Waals surface area contributed by atoms with Crippen LogP contribution in [0.3, 0.4) is 0 Å². The van der Waals surface area contributed by atoms with Crippen molar-refractivity contribution in [2.24, 2.45) is 5.10 Å². The number of carbonyl (C=O) groups is 1. The van der Waals surface area contributed by atoms with Crippen LogP contribution in [0.1, 0.15) is 28.4 Å². The van der Waals surface area contributed by atoms with Crippen molar-refractivity contribution < 1.29 is 4.79 Å². The summed E-state index contributed by atoms with van der Waals surface area (Å²) in [6.45, 7) is 2.12. The second-order valence-corrected chi connectivity index (χ2v) is 5.32. The standard InChI is InChI=1S/C20H18N2O/c1-2-15-10-12-16(13-11-15)14-21-22-20(23)19-9-5-7-17-6-3-4-8-18(17)19/h3-14H,2H2,1H3,(H,22,23). The second kappa shape index (κ2) is 6.88. The topological polar surface area (TPSA) is 41.5 Å². The van der Waals surface area contributed by atoms with E-state index in [1.807, 2.05) is 54.6 Å². The highest BCUT2D eigenvalue weighted by Gasteiger charge is 2.08. The van der Waals surface area contributed by atoms with Gasteiger partial charge in [-0.2, -0.15) is 5.10 Å². The van der Waals surface area contributed by atoms with Gasteiger partial charge in [0, 0.05) is 5.56 Å². The van der Waals surface area contributed by atoms with Gasteiger partial charge in [0.05, 0.1) is 6.21 Å². The van der Waals surface area contributed by atoms with E-state index in [-0.39, 0.29) is 5.91 Å². The van der Waals surface area contributed by atoms with Gasteiger partial charge in [0.15, 0.2) is 0 Å². The summed E-state index contributed by atoms with van der Waals surface area (Å²) in [5, 5.41) is 6.02. The van der Waals surface area contributed by atoms with Crippen LogP contribution >= 0.6 is 0 Å². The van der Waals surface area contributed by atoms with E-state index in [1.54, 1.807) is 6.21 Å². The Morgan fingerprint density at radius 3 is 2.52 bits per heavy atom. The van der Waals surface area contributed by atoms with Crippen LogP contribution in [0.2, 0.25) is 0 Å². The fraction of sp³-hybridized carbons (Fsp3) is 0.100. The van der Waals surface area contributed by atoms with Gasteiger partial charge >= 0.3 is 0 Å². The number of hydrogen-bond donors (Lipinski definition) is 1. The summed E-state index contributed by atoms with van der Waals surface area (Å²) in [4.78, 5) is 12.3. The number of amides is 1. The van der Waals surface area contributed by atoms with Crippen molar-refractivity contribution in [2.75, 3.05) is 0 Å². The molecule has 0 bridgehead atoms. The van der Waals surface area contributed by atoms with Gasteiger partial charge in [-0.3, -0.25) is 4.79 Å². The predicted molar refractivity (Wildman–Crippen MR) is 94.8 cm³/mol. The molecule has 3 heteroatoms. The zero-order valence-electron chi connectivity index (χ0n) is 13.0. The fourth-order valence-corrected chi connectivity index (χ4v) is 2.49. The zero-order chi connectivity index (χ0) is 16.1. The van der Waals surface area contributed by atoms with Crippen molar-refractivity contribution in [1.29, 1.82) is 0 Å². The lowest BCUT2D eigenvalue weighted by Gasteiger charge is -2.04. The maximum absolute atomic E-state index is 12.3. The van der Waals surface area contributed by atoms with Crippen LogP contribution in [-0.4, -0.2) is 12.1 Å². The molecule has 0 saturated carbocycles. The molecule has 3 aromatic carbocycles. The van der Waals surface area contributed by atoms with E-state index < -0.39 is 0 Å². The summed E-state index contributed by atoms with van der Waals surface area (Å²) in [5.41, 5.74) is 5.46. The van der Waals surface area contributed by atoms with Crippen molar-refractivity contribution in [1.82, 2.24) is 5.43 Å². The molecule has 3 rings (SSSR count). The summed E-state index contributed by atoms with van der Waals surface area (Å²) in [6.07, 6.45) is 2.66. The molecule has 0 aromatic heterocycles. The fourth-order valence-electron chi connectivity index (χ4n) is 2.49. The number of nitrogens with one attached hydrogen (secondary N) is 1. The minimum atomic E-state index is -0.205. The first-order valence-corrected chi connectivity index (χ1v) is 7.68. The second-order valence-electron chi connectivity index (χ2n) is 5.32. The van der Waals surface area contributed by atoms with E-state index in [9.17, 15) is 4.79 Å². The molecule has 0 aliphatic rings. The Morgan fingerprint density at radius 2 is 1.74 bits per heavy atom. The van der Waals surface area contributed by atoms with E-state index in [1.165, 1.54) is 5.56 Å². The van der Waals surface area contributed by atoms with E-state index in [2.05, 4.69) is 29.6 Å². The van der Waals surface area contributed by atoms with E-state index in [4.69, 9.17) is 0 Å². The minimum Gasteiger partial charge on any atom is -0.267 e. The molecular weight excluding hydrogens is 284 g/mol. The van der Waals surface area contributed by atoms with Gasteiger partial charge in [0.1, 0.15) is 0 Å². The molecule has 0 radical (unpaired) electrons. The first kappa shape index (κ1) is 15.0. The Hall–Kier alpha value is -2.94. The number of hydrogen-bond acceptors (Lipinski definition) is 2. The summed E-state index contributed by atoms with van der Waals surface area (Å²) >= 11 is 0. The molecule has 114 valence electrons. The van der Waals surface area contributed by atoms with Gasteiger partial charge in [-0.25, -0.2) is 5.43 Å². The van der Waals surface area contributed by atoms with Crippen molar-refractivity contribution in [3.63, 3.8) is 0 Å². The first-order chi connectivity index (χ1) is 11.3. The molecule has 1 N–H and O–H groups in total. The predicted octanol–water partition coefficient (Wildman–Crippen LogP) is 4.17. The summed E-state index contributed by atoms with van der Waals surface area (Å²) in [7, 11) is 0. The Labute approximate surface area is 135 Å². The molecule has 0 aliphatic carbocycles. The van der Waals surface area contributed by atoms with E-state index in [0.717, 1.165) is 22.8 Å². The highest BCUT2D eigenvalue weighted by Crippen LogP contribution is 2.18. The molecule has 3 nitrogen and oxygen atoms in total. The summed E-state index contributed by atoms with van der Waals surface area (Å²) in [5.74, 6) is -0.205. The van der Waals surface area contributed by atoms with Gasteiger partial charge in [-0.15, -0.1) is 0 Å².